The van der Waals surface area contributed by atoms with Gasteiger partial charge in [-0.15, -0.1) is 6.58 Å². The number of aldehydes is 1. The van der Waals surface area contributed by atoms with Crippen LogP contribution in [-0.4, -0.2) is 23.1 Å². The molecule has 1 aliphatic carbocycles. The Balaban J connectivity index is 1.90. The van der Waals surface area contributed by atoms with Crippen LogP contribution < -0.4 is 0 Å². The molecule has 1 amide bonds. The lowest BCUT2D eigenvalue weighted by Gasteiger charge is -2.51. The first-order valence-electron chi connectivity index (χ1n) is 10.8. The number of benzene rings is 2. The second-order valence-electron chi connectivity index (χ2n) is 9.09. The van der Waals surface area contributed by atoms with Gasteiger partial charge in [-0.25, -0.2) is 0 Å². The molecule has 1 aliphatic heterocycles. The second-order valence-corrected chi connectivity index (χ2v) is 9.96. The lowest BCUT2D eigenvalue weighted by molar-refractivity contribution is -0.156. The molecule has 2 aliphatic rings. The minimum absolute atomic E-state index is 0.0104. The molecule has 3 nitrogen and oxygen atoms in total. The van der Waals surface area contributed by atoms with Crippen LogP contribution in [0.3, 0.4) is 0 Å². The van der Waals surface area contributed by atoms with E-state index in [9.17, 15) is 9.59 Å². The number of rotatable bonds is 7. The zero-order valence-electron chi connectivity index (χ0n) is 17.6. The molecule has 4 atom stereocenters. The van der Waals surface area contributed by atoms with E-state index >= 15 is 0 Å². The lowest BCUT2D eigenvalue weighted by Crippen LogP contribution is -2.56. The Kier molecular flexibility index (Phi) is 6.27. The van der Waals surface area contributed by atoms with Gasteiger partial charge in [-0.1, -0.05) is 60.5 Å². The fraction of sp³-hybridized carbons (Fsp3) is 0.385. The molecular formula is C26H27Cl2NO2. The zero-order valence-corrected chi connectivity index (χ0v) is 19.1. The van der Waals surface area contributed by atoms with Crippen LogP contribution in [0.1, 0.15) is 55.7 Å². The third-order valence-corrected chi connectivity index (χ3v) is 7.24. The smallest absolute Gasteiger partial charge is 0.229 e. The van der Waals surface area contributed by atoms with Crippen LogP contribution in [0.4, 0.5) is 0 Å². The summed E-state index contributed by atoms with van der Waals surface area (Å²) in [5, 5.41) is 1.30. The molecule has 2 fully saturated rings. The number of likely N-dealkylation sites (tertiary alicyclic amines) is 1. The summed E-state index contributed by atoms with van der Waals surface area (Å²) < 4.78 is 0. The fourth-order valence-corrected chi connectivity index (χ4v) is 5.38. The highest BCUT2D eigenvalue weighted by Gasteiger charge is 2.53. The van der Waals surface area contributed by atoms with Crippen molar-refractivity contribution in [1.29, 1.82) is 0 Å². The number of allylic oxidation sites excluding steroid dienone is 1. The number of carbonyl (C=O) groups excluding carboxylic acids is 2. The summed E-state index contributed by atoms with van der Waals surface area (Å²) in [5.74, 6) is 0.237. The summed E-state index contributed by atoms with van der Waals surface area (Å²) in [4.78, 5) is 28.1. The number of piperidine rings is 1. The van der Waals surface area contributed by atoms with Crippen LogP contribution in [-0.2, 0) is 9.59 Å². The minimum Gasteiger partial charge on any atom is -0.325 e. The normalized spacial score (nSPS) is 27.1. The molecule has 0 N–H and O–H groups in total. The van der Waals surface area contributed by atoms with Crippen molar-refractivity contribution in [2.45, 2.75) is 50.6 Å². The predicted octanol–water partition coefficient (Wildman–Crippen LogP) is 6.61. The molecule has 0 spiro atoms. The van der Waals surface area contributed by atoms with Gasteiger partial charge in [-0.2, -0.15) is 0 Å². The van der Waals surface area contributed by atoms with Gasteiger partial charge >= 0.3 is 0 Å². The largest absolute Gasteiger partial charge is 0.325 e. The van der Waals surface area contributed by atoms with Crippen molar-refractivity contribution < 1.29 is 9.59 Å². The van der Waals surface area contributed by atoms with Crippen molar-refractivity contribution in [3.05, 3.63) is 82.4 Å². The van der Waals surface area contributed by atoms with Gasteiger partial charge in [0.1, 0.15) is 6.29 Å². The highest BCUT2D eigenvalue weighted by Crippen LogP contribution is 2.53. The molecule has 1 saturated heterocycles. The molecule has 0 radical (unpaired) electrons. The standard InChI is InChI=1S/C26H27Cl2NO2/c1-3-13-26(2)15-22(19-5-4-6-21(28)14-19)24(18-9-11-20(27)12-10-18)29(25(26)31)23(16-30)17-7-8-17/h3-6,9-12,14,16-17,22-24H,1,7-8,13,15H2,2H3/t22-,23-,24-,26?/m1/s1. The van der Waals surface area contributed by atoms with E-state index in [2.05, 4.69) is 12.6 Å². The molecule has 0 aromatic heterocycles. The van der Waals surface area contributed by atoms with Gasteiger partial charge in [0.15, 0.2) is 0 Å². The third kappa shape index (κ3) is 4.31. The summed E-state index contributed by atoms with van der Waals surface area (Å²) in [5.41, 5.74) is 1.42. The van der Waals surface area contributed by atoms with Gasteiger partial charge in [0.05, 0.1) is 17.5 Å². The Morgan fingerprint density at radius 1 is 1.13 bits per heavy atom. The molecule has 1 unspecified atom stereocenters. The highest BCUT2D eigenvalue weighted by atomic mass is 35.5. The molecule has 31 heavy (non-hydrogen) atoms. The van der Waals surface area contributed by atoms with Crippen LogP contribution in [0.25, 0.3) is 0 Å². The maximum atomic E-state index is 13.9. The number of hydrogen-bond acceptors (Lipinski definition) is 2. The van der Waals surface area contributed by atoms with Gasteiger partial charge in [0.2, 0.25) is 5.91 Å². The van der Waals surface area contributed by atoms with Crippen molar-refractivity contribution in [2.75, 3.05) is 0 Å². The summed E-state index contributed by atoms with van der Waals surface area (Å²) in [6, 6.07) is 14.8. The quantitative estimate of drug-likeness (QED) is 0.347. The molecule has 5 heteroatoms. The lowest BCUT2D eigenvalue weighted by atomic mass is 9.67. The van der Waals surface area contributed by atoms with Gasteiger partial charge in [-0.05, 0) is 67.0 Å². The maximum absolute atomic E-state index is 13.9. The van der Waals surface area contributed by atoms with Crippen molar-refractivity contribution in [3.8, 4) is 0 Å². The Morgan fingerprint density at radius 3 is 2.42 bits per heavy atom. The summed E-state index contributed by atoms with van der Waals surface area (Å²) in [6.45, 7) is 5.89. The number of halogens is 2. The van der Waals surface area contributed by atoms with Gasteiger partial charge in [0.25, 0.3) is 0 Å². The van der Waals surface area contributed by atoms with Gasteiger partial charge < -0.3 is 9.69 Å². The van der Waals surface area contributed by atoms with Crippen molar-refractivity contribution in [3.63, 3.8) is 0 Å². The van der Waals surface area contributed by atoms with E-state index < -0.39 is 11.5 Å². The average molecular weight is 456 g/mol. The summed E-state index contributed by atoms with van der Waals surface area (Å²) in [7, 11) is 0. The van der Waals surface area contributed by atoms with Crippen molar-refractivity contribution in [2.24, 2.45) is 11.3 Å². The fourth-order valence-electron chi connectivity index (χ4n) is 5.06. The highest BCUT2D eigenvalue weighted by molar-refractivity contribution is 6.30. The van der Waals surface area contributed by atoms with E-state index in [0.717, 1.165) is 30.3 Å². The molecule has 2 aromatic carbocycles. The molecule has 2 aromatic rings. The average Bonchev–Trinajstić information content (AvgIpc) is 3.58. The topological polar surface area (TPSA) is 37.4 Å². The third-order valence-electron chi connectivity index (χ3n) is 6.75. The molecule has 162 valence electrons. The van der Waals surface area contributed by atoms with Crippen LogP contribution in [0.15, 0.2) is 61.2 Å². The van der Waals surface area contributed by atoms with E-state index in [4.69, 9.17) is 23.2 Å². The summed E-state index contributed by atoms with van der Waals surface area (Å²) >= 11 is 12.5. The van der Waals surface area contributed by atoms with Crippen LogP contribution in [0.2, 0.25) is 10.0 Å². The van der Waals surface area contributed by atoms with Crippen LogP contribution >= 0.6 is 23.2 Å². The number of nitrogens with zero attached hydrogens (tertiary/aromatic N) is 1. The van der Waals surface area contributed by atoms with E-state index in [1.807, 2.05) is 54.3 Å². The van der Waals surface area contributed by atoms with E-state index in [0.29, 0.717) is 22.9 Å². The van der Waals surface area contributed by atoms with Crippen LogP contribution in [0.5, 0.6) is 0 Å². The Labute approximate surface area is 194 Å². The zero-order chi connectivity index (χ0) is 22.2. The Hall–Kier alpha value is -2.10. The molecule has 0 bridgehead atoms. The number of carbonyl (C=O) groups is 2. The summed E-state index contributed by atoms with van der Waals surface area (Å²) in [6.07, 6.45) is 5.93. The van der Waals surface area contributed by atoms with Crippen LogP contribution in [0, 0.1) is 11.3 Å². The Morgan fingerprint density at radius 2 is 1.84 bits per heavy atom. The van der Waals surface area contributed by atoms with E-state index in [1.165, 1.54) is 0 Å². The van der Waals surface area contributed by atoms with Gasteiger partial charge in [-0.3, -0.25) is 4.79 Å². The van der Waals surface area contributed by atoms with Gasteiger partial charge in [0, 0.05) is 16.0 Å². The molecule has 1 saturated carbocycles. The minimum atomic E-state index is -0.631. The number of amides is 1. The monoisotopic (exact) mass is 455 g/mol. The first kappa shape index (κ1) is 22.1. The van der Waals surface area contributed by atoms with Crippen molar-refractivity contribution in [1.82, 2.24) is 4.90 Å². The molecular weight excluding hydrogens is 429 g/mol. The SMILES string of the molecule is C=CCC1(C)C[C@H](c2cccc(Cl)c2)[C@@H](c2ccc(Cl)cc2)N([C@H](C=O)C2CC2)C1=O. The maximum Gasteiger partial charge on any atom is 0.229 e. The van der Waals surface area contributed by atoms with E-state index in [-0.39, 0.29) is 23.8 Å². The first-order chi connectivity index (χ1) is 14.9. The molecule has 1 heterocycles. The Bertz CT molecular complexity index is 985. The molecule has 4 rings (SSSR count). The number of hydrogen-bond donors (Lipinski definition) is 0. The van der Waals surface area contributed by atoms with E-state index in [1.54, 1.807) is 6.08 Å². The van der Waals surface area contributed by atoms with Crippen molar-refractivity contribution >= 4 is 35.4 Å². The second kappa shape index (κ2) is 8.80. The predicted molar refractivity (Wildman–Crippen MR) is 125 cm³/mol. The first-order valence-corrected chi connectivity index (χ1v) is 11.5.